The number of hydrogen-bond acceptors (Lipinski definition) is 7. The van der Waals surface area contributed by atoms with E-state index in [1.807, 2.05) is 0 Å². The molecule has 0 fully saturated rings. The normalized spacial score (nSPS) is 13.1. The van der Waals surface area contributed by atoms with E-state index < -0.39 is 34.4 Å². The summed E-state index contributed by atoms with van der Waals surface area (Å²) in [7, 11) is -3.75. The van der Waals surface area contributed by atoms with Crippen LogP contribution in [-0.4, -0.2) is 50.2 Å². The number of anilines is 1. The molecule has 3 N–H and O–H groups in total. The van der Waals surface area contributed by atoms with Gasteiger partial charge in [-0.1, -0.05) is 19.9 Å². The molecule has 0 saturated carbocycles. The van der Waals surface area contributed by atoms with Crippen molar-refractivity contribution >= 4 is 44.1 Å². The summed E-state index contributed by atoms with van der Waals surface area (Å²) >= 11 is 1.31. The number of benzene rings is 1. The maximum Gasteiger partial charge on any atom is 0.338 e. The largest absolute Gasteiger partial charge is 0.452 e. The highest BCUT2D eigenvalue weighted by Crippen LogP contribution is 2.38. The van der Waals surface area contributed by atoms with Crippen molar-refractivity contribution in [3.63, 3.8) is 0 Å². The molecule has 178 valence electrons. The quantitative estimate of drug-likeness (QED) is 0.515. The Morgan fingerprint density at radius 2 is 1.88 bits per heavy atom. The zero-order valence-electron chi connectivity index (χ0n) is 18.8. The highest BCUT2D eigenvalue weighted by Gasteiger charge is 2.27. The van der Waals surface area contributed by atoms with Crippen LogP contribution >= 0.6 is 11.3 Å². The van der Waals surface area contributed by atoms with Gasteiger partial charge >= 0.3 is 5.97 Å². The zero-order valence-corrected chi connectivity index (χ0v) is 20.4. The van der Waals surface area contributed by atoms with E-state index in [1.54, 1.807) is 20.8 Å². The average molecular weight is 494 g/mol. The van der Waals surface area contributed by atoms with Crippen LogP contribution < -0.4 is 11.1 Å². The van der Waals surface area contributed by atoms with Gasteiger partial charge in [0.25, 0.3) is 11.8 Å². The summed E-state index contributed by atoms with van der Waals surface area (Å²) in [6.07, 6.45) is 2.51. The lowest BCUT2D eigenvalue weighted by molar-refractivity contribution is -0.119. The number of esters is 1. The molecule has 2 aromatic rings. The molecule has 0 aliphatic heterocycles. The first-order valence-corrected chi connectivity index (χ1v) is 12.9. The van der Waals surface area contributed by atoms with Gasteiger partial charge in [-0.05, 0) is 49.4 Å². The molecule has 0 unspecified atom stereocenters. The summed E-state index contributed by atoms with van der Waals surface area (Å²) in [5.74, 6) is -2.04. The maximum atomic E-state index is 12.8. The SMILES string of the molecule is CCN(CC)S(=O)(=O)c1ccc(C)c(C(=O)OCC(=O)Nc2sc3c(c2C(N)=O)CCC3)c1. The Labute approximate surface area is 197 Å². The van der Waals surface area contributed by atoms with Gasteiger partial charge in [-0.3, -0.25) is 9.59 Å². The van der Waals surface area contributed by atoms with Gasteiger partial charge in [0.15, 0.2) is 6.61 Å². The molecule has 33 heavy (non-hydrogen) atoms. The topological polar surface area (TPSA) is 136 Å². The maximum absolute atomic E-state index is 12.8. The van der Waals surface area contributed by atoms with Crippen LogP contribution in [0.25, 0.3) is 0 Å². The highest BCUT2D eigenvalue weighted by atomic mass is 32.2. The van der Waals surface area contributed by atoms with Crippen molar-refractivity contribution in [2.75, 3.05) is 25.0 Å². The molecule has 0 spiro atoms. The number of thiophene rings is 1. The lowest BCUT2D eigenvalue weighted by atomic mass is 10.1. The smallest absolute Gasteiger partial charge is 0.338 e. The van der Waals surface area contributed by atoms with Crippen molar-refractivity contribution in [1.29, 1.82) is 0 Å². The van der Waals surface area contributed by atoms with E-state index in [4.69, 9.17) is 10.5 Å². The number of carbonyl (C=O) groups is 3. The molecule has 0 bridgehead atoms. The first kappa shape index (κ1) is 24.9. The van der Waals surface area contributed by atoms with Gasteiger partial charge in [0.1, 0.15) is 5.00 Å². The van der Waals surface area contributed by atoms with Crippen LogP contribution in [-0.2, 0) is 32.4 Å². The Morgan fingerprint density at radius 3 is 2.52 bits per heavy atom. The Balaban J connectivity index is 1.72. The molecule has 1 heterocycles. The Kier molecular flexibility index (Phi) is 7.55. The molecule has 1 aromatic heterocycles. The number of fused-ring (bicyclic) bond motifs is 1. The van der Waals surface area contributed by atoms with Crippen molar-refractivity contribution in [2.24, 2.45) is 5.73 Å². The summed E-state index contributed by atoms with van der Waals surface area (Å²) in [6.45, 7) is 5.12. The summed E-state index contributed by atoms with van der Waals surface area (Å²) in [5.41, 5.74) is 7.26. The van der Waals surface area contributed by atoms with Crippen molar-refractivity contribution in [3.05, 3.63) is 45.3 Å². The minimum absolute atomic E-state index is 0.0209. The van der Waals surface area contributed by atoms with Crippen LogP contribution in [0.5, 0.6) is 0 Å². The number of nitrogens with zero attached hydrogens (tertiary/aromatic N) is 1. The van der Waals surface area contributed by atoms with E-state index in [2.05, 4.69) is 5.32 Å². The standard InChI is InChI=1S/C22H27N3O6S2/c1-4-25(5-2)33(29,30)14-10-9-13(3)16(11-14)22(28)31-12-18(26)24-21-19(20(23)27)15-7-6-8-17(15)32-21/h9-11H,4-8,12H2,1-3H3,(H2,23,27)(H,24,26). The van der Waals surface area contributed by atoms with Gasteiger partial charge in [-0.15, -0.1) is 11.3 Å². The minimum Gasteiger partial charge on any atom is -0.452 e. The summed E-state index contributed by atoms with van der Waals surface area (Å²) in [5, 5.41) is 2.97. The van der Waals surface area contributed by atoms with Crippen LogP contribution in [0, 0.1) is 6.92 Å². The lowest BCUT2D eigenvalue weighted by Crippen LogP contribution is -2.30. The number of rotatable bonds is 9. The number of hydrogen-bond donors (Lipinski definition) is 2. The van der Waals surface area contributed by atoms with E-state index >= 15 is 0 Å². The highest BCUT2D eigenvalue weighted by molar-refractivity contribution is 7.89. The molecular formula is C22H27N3O6S2. The van der Waals surface area contributed by atoms with Gasteiger partial charge in [0, 0.05) is 18.0 Å². The molecule has 9 nitrogen and oxygen atoms in total. The Hall–Kier alpha value is -2.76. The fraction of sp³-hybridized carbons (Fsp3) is 0.409. The number of primary amides is 1. The number of carbonyl (C=O) groups excluding carboxylic acids is 3. The third-order valence-electron chi connectivity index (χ3n) is 5.53. The van der Waals surface area contributed by atoms with Crippen LogP contribution in [0.2, 0.25) is 0 Å². The van der Waals surface area contributed by atoms with Crippen LogP contribution in [0.4, 0.5) is 5.00 Å². The zero-order chi connectivity index (χ0) is 24.3. The summed E-state index contributed by atoms with van der Waals surface area (Å²) in [4.78, 5) is 37.9. The molecule has 1 aliphatic rings. The van der Waals surface area contributed by atoms with Gasteiger partial charge in [0.05, 0.1) is 16.0 Å². The first-order chi connectivity index (χ1) is 15.6. The van der Waals surface area contributed by atoms with E-state index in [9.17, 15) is 22.8 Å². The van der Waals surface area contributed by atoms with Gasteiger partial charge in [-0.25, -0.2) is 13.2 Å². The van der Waals surface area contributed by atoms with Crippen molar-refractivity contribution in [3.8, 4) is 0 Å². The molecule has 11 heteroatoms. The molecule has 3 rings (SSSR count). The number of nitrogens with two attached hydrogens (primary N) is 1. The second-order valence-corrected chi connectivity index (χ2v) is 10.7. The van der Waals surface area contributed by atoms with Crippen molar-refractivity contribution < 1.29 is 27.5 Å². The number of nitrogens with one attached hydrogen (secondary N) is 1. The average Bonchev–Trinajstić information content (AvgIpc) is 3.33. The van der Waals surface area contributed by atoms with Crippen LogP contribution in [0.15, 0.2) is 23.1 Å². The van der Waals surface area contributed by atoms with Gasteiger partial charge in [-0.2, -0.15) is 4.31 Å². The monoisotopic (exact) mass is 493 g/mol. The predicted octanol–water partition coefficient (Wildman–Crippen LogP) is 2.47. The van der Waals surface area contributed by atoms with E-state index in [1.165, 1.54) is 33.8 Å². The molecular weight excluding hydrogens is 466 g/mol. The number of sulfonamides is 1. The molecule has 1 aliphatic carbocycles. The molecule has 1 aromatic carbocycles. The first-order valence-electron chi connectivity index (χ1n) is 10.6. The second-order valence-electron chi connectivity index (χ2n) is 7.62. The number of amides is 2. The molecule has 2 amide bonds. The van der Waals surface area contributed by atoms with Crippen molar-refractivity contribution in [1.82, 2.24) is 4.31 Å². The number of ether oxygens (including phenoxy) is 1. The van der Waals surface area contributed by atoms with Gasteiger partial charge < -0.3 is 15.8 Å². The predicted molar refractivity (Wildman–Crippen MR) is 125 cm³/mol. The third-order valence-corrected chi connectivity index (χ3v) is 8.78. The van der Waals surface area contributed by atoms with E-state index in [0.29, 0.717) is 29.2 Å². The fourth-order valence-electron chi connectivity index (χ4n) is 3.82. The van der Waals surface area contributed by atoms with E-state index in [0.717, 1.165) is 29.7 Å². The second kappa shape index (κ2) is 10.0. The van der Waals surface area contributed by atoms with E-state index in [-0.39, 0.29) is 10.5 Å². The van der Waals surface area contributed by atoms with Crippen molar-refractivity contribution in [2.45, 2.75) is 44.9 Å². The third kappa shape index (κ3) is 5.10. The summed E-state index contributed by atoms with van der Waals surface area (Å²) in [6, 6.07) is 4.23. The minimum atomic E-state index is -3.75. The molecule has 0 radical (unpaired) electrons. The van der Waals surface area contributed by atoms with Crippen LogP contribution in [0.3, 0.4) is 0 Å². The number of aryl methyl sites for hydroxylation is 2. The Morgan fingerprint density at radius 1 is 1.18 bits per heavy atom. The Bertz CT molecular complexity index is 1200. The van der Waals surface area contributed by atoms with Crippen LogP contribution in [0.1, 0.15) is 57.0 Å². The molecule has 0 saturated heterocycles. The fourth-order valence-corrected chi connectivity index (χ4v) is 6.61. The lowest BCUT2D eigenvalue weighted by Gasteiger charge is -2.19. The summed E-state index contributed by atoms with van der Waals surface area (Å²) < 4.78 is 32.0. The van der Waals surface area contributed by atoms with Gasteiger partial charge in [0.2, 0.25) is 10.0 Å². The molecule has 0 atom stereocenters.